The van der Waals surface area contributed by atoms with Crippen LogP contribution in [0.1, 0.15) is 19.4 Å². The van der Waals surface area contributed by atoms with Crippen molar-refractivity contribution in [1.29, 1.82) is 0 Å². The van der Waals surface area contributed by atoms with E-state index in [-0.39, 0.29) is 11.8 Å². The van der Waals surface area contributed by atoms with Crippen LogP contribution in [0.15, 0.2) is 18.2 Å². The molecule has 76 valence electrons. The number of anilines is 1. The molecule has 0 saturated heterocycles. The number of benzene rings is 1. The molecule has 0 aliphatic rings. The van der Waals surface area contributed by atoms with Gasteiger partial charge in [-0.25, -0.2) is 0 Å². The lowest BCUT2D eigenvalue weighted by atomic mass is 10.1. The highest BCUT2D eigenvalue weighted by atomic mass is 127. The van der Waals surface area contributed by atoms with Crippen molar-refractivity contribution in [2.45, 2.75) is 20.8 Å². The minimum absolute atomic E-state index is 0.0206. The molecule has 0 aliphatic heterocycles. The number of carbonyl (C=O) groups excluding carboxylic acids is 1. The van der Waals surface area contributed by atoms with E-state index in [0.29, 0.717) is 0 Å². The van der Waals surface area contributed by atoms with Crippen LogP contribution in [0.2, 0.25) is 0 Å². The molecular weight excluding hydrogens is 289 g/mol. The van der Waals surface area contributed by atoms with Gasteiger partial charge in [-0.2, -0.15) is 0 Å². The third-order valence-electron chi connectivity index (χ3n) is 2.05. The SMILES string of the molecule is Cc1c(I)cccc1NC(=O)C(C)C. The molecule has 1 aromatic carbocycles. The van der Waals surface area contributed by atoms with Gasteiger partial charge >= 0.3 is 0 Å². The van der Waals surface area contributed by atoms with Crippen molar-refractivity contribution in [3.63, 3.8) is 0 Å². The molecule has 0 bridgehead atoms. The molecule has 0 saturated carbocycles. The minimum Gasteiger partial charge on any atom is -0.326 e. The molecule has 0 radical (unpaired) electrons. The van der Waals surface area contributed by atoms with Gasteiger partial charge in [0.05, 0.1) is 0 Å². The summed E-state index contributed by atoms with van der Waals surface area (Å²) in [6, 6.07) is 5.91. The van der Waals surface area contributed by atoms with Crippen molar-refractivity contribution < 1.29 is 4.79 Å². The zero-order valence-corrected chi connectivity index (χ0v) is 10.8. The molecule has 2 nitrogen and oxygen atoms in total. The number of carbonyl (C=O) groups is 1. The van der Waals surface area contributed by atoms with E-state index in [2.05, 4.69) is 27.9 Å². The van der Waals surface area contributed by atoms with Gasteiger partial charge in [-0.05, 0) is 47.2 Å². The molecule has 0 spiro atoms. The van der Waals surface area contributed by atoms with Crippen LogP contribution in [0, 0.1) is 16.4 Å². The maximum atomic E-state index is 11.5. The summed E-state index contributed by atoms with van der Waals surface area (Å²) in [6.45, 7) is 5.79. The Labute approximate surface area is 98.2 Å². The summed E-state index contributed by atoms with van der Waals surface area (Å²) in [5, 5.41) is 2.91. The van der Waals surface area contributed by atoms with Gasteiger partial charge in [0.25, 0.3) is 0 Å². The Hall–Kier alpha value is -0.580. The average Bonchev–Trinajstić information content (AvgIpc) is 2.12. The lowest BCUT2D eigenvalue weighted by molar-refractivity contribution is -0.118. The smallest absolute Gasteiger partial charge is 0.226 e. The molecule has 14 heavy (non-hydrogen) atoms. The number of rotatable bonds is 2. The number of hydrogen-bond acceptors (Lipinski definition) is 1. The summed E-state index contributed by atoms with van der Waals surface area (Å²) < 4.78 is 1.17. The van der Waals surface area contributed by atoms with Gasteiger partial charge in [-0.1, -0.05) is 19.9 Å². The third kappa shape index (κ3) is 2.70. The van der Waals surface area contributed by atoms with Gasteiger partial charge in [0.2, 0.25) is 5.91 Å². The van der Waals surface area contributed by atoms with E-state index in [9.17, 15) is 4.79 Å². The first-order valence-corrected chi connectivity index (χ1v) is 5.66. The zero-order chi connectivity index (χ0) is 10.7. The summed E-state index contributed by atoms with van der Waals surface area (Å²) in [5.41, 5.74) is 2.04. The van der Waals surface area contributed by atoms with Crippen LogP contribution < -0.4 is 5.32 Å². The fourth-order valence-electron chi connectivity index (χ4n) is 1.02. The second-order valence-corrected chi connectivity index (χ2v) is 4.72. The van der Waals surface area contributed by atoms with Crippen LogP contribution in [0.3, 0.4) is 0 Å². The fraction of sp³-hybridized carbons (Fsp3) is 0.364. The zero-order valence-electron chi connectivity index (χ0n) is 8.60. The maximum absolute atomic E-state index is 11.5. The standard InChI is InChI=1S/C11H14INO/c1-7(2)11(14)13-10-6-4-5-9(12)8(10)3/h4-7H,1-3H3,(H,13,14). The summed E-state index contributed by atoms with van der Waals surface area (Å²) in [6.07, 6.45) is 0. The van der Waals surface area contributed by atoms with Crippen molar-refractivity contribution in [3.8, 4) is 0 Å². The van der Waals surface area contributed by atoms with Crippen LogP contribution in [-0.2, 0) is 4.79 Å². The molecular formula is C11H14INO. The molecule has 3 heteroatoms. The maximum Gasteiger partial charge on any atom is 0.226 e. The van der Waals surface area contributed by atoms with Crippen LogP contribution >= 0.6 is 22.6 Å². The van der Waals surface area contributed by atoms with Crippen LogP contribution in [0.25, 0.3) is 0 Å². The van der Waals surface area contributed by atoms with Gasteiger partial charge in [0.15, 0.2) is 0 Å². The molecule has 1 amide bonds. The second kappa shape index (κ2) is 4.77. The lowest BCUT2D eigenvalue weighted by Crippen LogP contribution is -2.18. The third-order valence-corrected chi connectivity index (χ3v) is 3.22. The molecule has 1 N–H and O–H groups in total. The summed E-state index contributed by atoms with van der Waals surface area (Å²) >= 11 is 2.26. The molecule has 0 aromatic heterocycles. The van der Waals surface area contributed by atoms with Gasteiger partial charge in [0, 0.05) is 15.2 Å². The Bertz CT molecular complexity index is 347. The average molecular weight is 303 g/mol. The van der Waals surface area contributed by atoms with E-state index in [4.69, 9.17) is 0 Å². The van der Waals surface area contributed by atoms with Crippen molar-refractivity contribution >= 4 is 34.2 Å². The van der Waals surface area contributed by atoms with Crippen LogP contribution in [-0.4, -0.2) is 5.91 Å². The molecule has 0 unspecified atom stereocenters. The Morgan fingerprint density at radius 2 is 2.07 bits per heavy atom. The number of amides is 1. The summed E-state index contributed by atoms with van der Waals surface area (Å²) in [7, 11) is 0. The molecule has 1 rings (SSSR count). The highest BCUT2D eigenvalue weighted by Crippen LogP contribution is 2.20. The van der Waals surface area contributed by atoms with E-state index in [1.54, 1.807) is 0 Å². The largest absolute Gasteiger partial charge is 0.326 e. The van der Waals surface area contributed by atoms with E-state index in [0.717, 1.165) is 11.3 Å². The molecule has 0 heterocycles. The van der Waals surface area contributed by atoms with E-state index < -0.39 is 0 Å². The highest BCUT2D eigenvalue weighted by Gasteiger charge is 2.09. The quantitative estimate of drug-likeness (QED) is 0.835. The van der Waals surface area contributed by atoms with Gasteiger partial charge in [-0.15, -0.1) is 0 Å². The monoisotopic (exact) mass is 303 g/mol. The summed E-state index contributed by atoms with van der Waals surface area (Å²) in [4.78, 5) is 11.5. The summed E-state index contributed by atoms with van der Waals surface area (Å²) in [5.74, 6) is 0.0855. The van der Waals surface area contributed by atoms with Crippen LogP contribution in [0.4, 0.5) is 5.69 Å². The normalized spacial score (nSPS) is 10.4. The predicted octanol–water partition coefficient (Wildman–Crippen LogP) is 3.19. The van der Waals surface area contributed by atoms with Crippen molar-refractivity contribution in [3.05, 3.63) is 27.3 Å². The first kappa shape index (κ1) is 11.5. The molecule has 0 fully saturated rings. The number of halogens is 1. The van der Waals surface area contributed by atoms with E-state index in [1.807, 2.05) is 39.0 Å². The van der Waals surface area contributed by atoms with E-state index >= 15 is 0 Å². The topological polar surface area (TPSA) is 29.1 Å². The van der Waals surface area contributed by atoms with Gasteiger partial charge < -0.3 is 5.32 Å². The Kier molecular flexibility index (Phi) is 3.92. The van der Waals surface area contributed by atoms with Crippen LogP contribution in [0.5, 0.6) is 0 Å². The second-order valence-electron chi connectivity index (χ2n) is 3.56. The number of hydrogen-bond donors (Lipinski definition) is 1. The molecule has 1 aromatic rings. The number of nitrogens with one attached hydrogen (secondary N) is 1. The van der Waals surface area contributed by atoms with Crippen molar-refractivity contribution in [1.82, 2.24) is 0 Å². The van der Waals surface area contributed by atoms with Gasteiger partial charge in [0.1, 0.15) is 0 Å². The minimum atomic E-state index is 0.0206. The Morgan fingerprint density at radius 1 is 1.43 bits per heavy atom. The fourth-order valence-corrected chi connectivity index (χ4v) is 1.52. The first-order chi connectivity index (χ1) is 6.52. The first-order valence-electron chi connectivity index (χ1n) is 4.58. The van der Waals surface area contributed by atoms with Crippen molar-refractivity contribution in [2.75, 3.05) is 5.32 Å². The predicted molar refractivity (Wildman–Crippen MR) is 67.4 cm³/mol. The Balaban J connectivity index is 2.87. The molecule has 0 atom stereocenters. The molecule has 0 aliphatic carbocycles. The van der Waals surface area contributed by atoms with E-state index in [1.165, 1.54) is 3.57 Å². The lowest BCUT2D eigenvalue weighted by Gasteiger charge is -2.11. The van der Waals surface area contributed by atoms with Crippen molar-refractivity contribution in [2.24, 2.45) is 5.92 Å². The highest BCUT2D eigenvalue weighted by molar-refractivity contribution is 14.1. The Morgan fingerprint density at radius 3 is 2.64 bits per heavy atom. The van der Waals surface area contributed by atoms with Gasteiger partial charge in [-0.3, -0.25) is 4.79 Å².